The van der Waals surface area contributed by atoms with Gasteiger partial charge in [0.05, 0.1) is 10.7 Å². The zero-order valence-electron chi connectivity index (χ0n) is 15.0. The van der Waals surface area contributed by atoms with Crippen LogP contribution < -0.4 is 10.2 Å². The Hall–Kier alpha value is -2.53. The number of hydrogen-bond donors (Lipinski definition) is 1. The molecular weight excluding hydrogens is 362 g/mol. The van der Waals surface area contributed by atoms with Crippen molar-refractivity contribution in [3.05, 3.63) is 59.1 Å². The number of benzene rings is 2. The van der Waals surface area contributed by atoms with Crippen LogP contribution in [0.1, 0.15) is 23.2 Å². The fraction of sp³-hybridized carbons (Fsp3) is 0.333. The molecule has 0 spiro atoms. The predicted molar refractivity (Wildman–Crippen MR) is 107 cm³/mol. The number of halogens is 1. The fourth-order valence-electron chi connectivity index (χ4n) is 3.36. The van der Waals surface area contributed by atoms with Gasteiger partial charge in [0.15, 0.2) is 0 Å². The van der Waals surface area contributed by atoms with E-state index >= 15 is 0 Å². The average Bonchev–Trinajstić information content (AvgIpc) is 3.54. The monoisotopic (exact) mass is 383 g/mol. The first-order chi connectivity index (χ1) is 13.1. The molecular formula is C21H22ClN3O2. The summed E-state index contributed by atoms with van der Waals surface area (Å²) in [7, 11) is 0. The van der Waals surface area contributed by atoms with E-state index in [0.29, 0.717) is 24.3 Å². The Kier molecular flexibility index (Phi) is 5.03. The van der Waals surface area contributed by atoms with Crippen LogP contribution in [0.3, 0.4) is 0 Å². The van der Waals surface area contributed by atoms with Crippen molar-refractivity contribution in [2.24, 2.45) is 5.92 Å². The van der Waals surface area contributed by atoms with Crippen LogP contribution >= 0.6 is 11.6 Å². The molecule has 2 fully saturated rings. The second-order valence-corrected chi connectivity index (χ2v) is 7.48. The molecule has 1 aliphatic carbocycles. The Balaban J connectivity index is 1.39. The summed E-state index contributed by atoms with van der Waals surface area (Å²) >= 11 is 6.28. The SMILES string of the molecule is O=C(Nc1cccc(C(=O)N2CCN(c3ccccc3Cl)CC2)c1)C1CC1. The second kappa shape index (κ2) is 7.61. The number of para-hydroxylation sites is 1. The van der Waals surface area contributed by atoms with Crippen molar-refractivity contribution in [1.29, 1.82) is 0 Å². The Morgan fingerprint density at radius 3 is 2.41 bits per heavy atom. The van der Waals surface area contributed by atoms with E-state index in [1.807, 2.05) is 41.3 Å². The molecule has 1 aliphatic heterocycles. The highest BCUT2D eigenvalue weighted by molar-refractivity contribution is 6.33. The molecule has 0 atom stereocenters. The van der Waals surface area contributed by atoms with E-state index in [9.17, 15) is 9.59 Å². The van der Waals surface area contributed by atoms with E-state index in [0.717, 1.165) is 36.6 Å². The summed E-state index contributed by atoms with van der Waals surface area (Å²) < 4.78 is 0. The van der Waals surface area contributed by atoms with Gasteiger partial charge in [-0.15, -0.1) is 0 Å². The Labute approximate surface area is 163 Å². The van der Waals surface area contributed by atoms with E-state index in [1.54, 1.807) is 12.1 Å². The van der Waals surface area contributed by atoms with Crippen LogP contribution in [-0.2, 0) is 4.79 Å². The standard InChI is InChI=1S/C21H22ClN3O2/c22-18-6-1-2-7-19(18)24-10-12-25(13-11-24)21(27)16-4-3-5-17(14-16)23-20(26)15-8-9-15/h1-7,14-15H,8-13H2,(H,23,26). The molecule has 27 heavy (non-hydrogen) atoms. The lowest BCUT2D eigenvalue weighted by Crippen LogP contribution is -2.48. The Morgan fingerprint density at radius 2 is 1.70 bits per heavy atom. The van der Waals surface area contributed by atoms with Gasteiger partial charge in [0.2, 0.25) is 5.91 Å². The molecule has 2 aromatic carbocycles. The molecule has 2 aliphatic rings. The van der Waals surface area contributed by atoms with Crippen molar-refractivity contribution in [2.45, 2.75) is 12.8 Å². The number of nitrogens with one attached hydrogen (secondary N) is 1. The van der Waals surface area contributed by atoms with Crippen molar-refractivity contribution < 1.29 is 9.59 Å². The largest absolute Gasteiger partial charge is 0.367 e. The third kappa shape index (κ3) is 4.08. The molecule has 6 heteroatoms. The van der Waals surface area contributed by atoms with Gasteiger partial charge in [0.25, 0.3) is 5.91 Å². The van der Waals surface area contributed by atoms with Crippen LogP contribution in [0.2, 0.25) is 5.02 Å². The van der Waals surface area contributed by atoms with E-state index in [-0.39, 0.29) is 17.7 Å². The van der Waals surface area contributed by atoms with Crippen molar-refractivity contribution >= 4 is 34.8 Å². The smallest absolute Gasteiger partial charge is 0.254 e. The van der Waals surface area contributed by atoms with E-state index in [1.165, 1.54) is 0 Å². The average molecular weight is 384 g/mol. The van der Waals surface area contributed by atoms with Crippen molar-refractivity contribution in [3.63, 3.8) is 0 Å². The maximum absolute atomic E-state index is 12.9. The molecule has 4 rings (SSSR count). The van der Waals surface area contributed by atoms with Crippen molar-refractivity contribution in [3.8, 4) is 0 Å². The van der Waals surface area contributed by atoms with Gasteiger partial charge >= 0.3 is 0 Å². The number of anilines is 2. The maximum Gasteiger partial charge on any atom is 0.254 e. The quantitative estimate of drug-likeness (QED) is 0.876. The fourth-order valence-corrected chi connectivity index (χ4v) is 3.62. The molecule has 140 valence electrons. The number of rotatable bonds is 4. The first-order valence-electron chi connectivity index (χ1n) is 9.31. The highest BCUT2D eigenvalue weighted by Gasteiger charge is 2.30. The summed E-state index contributed by atoms with van der Waals surface area (Å²) in [5.74, 6) is 0.187. The first-order valence-corrected chi connectivity index (χ1v) is 9.69. The molecule has 1 heterocycles. The molecule has 1 saturated heterocycles. The summed E-state index contributed by atoms with van der Waals surface area (Å²) in [6.45, 7) is 2.77. The van der Waals surface area contributed by atoms with Crippen molar-refractivity contribution in [2.75, 3.05) is 36.4 Å². The Bertz CT molecular complexity index is 858. The van der Waals surface area contributed by atoms with Gasteiger partial charge in [-0.1, -0.05) is 29.8 Å². The summed E-state index contributed by atoms with van der Waals surface area (Å²) in [5, 5.41) is 3.64. The molecule has 5 nitrogen and oxygen atoms in total. The number of carbonyl (C=O) groups is 2. The second-order valence-electron chi connectivity index (χ2n) is 7.07. The topological polar surface area (TPSA) is 52.7 Å². The van der Waals surface area contributed by atoms with Crippen molar-refractivity contribution in [1.82, 2.24) is 4.90 Å². The van der Waals surface area contributed by atoms with Gasteiger partial charge in [-0.05, 0) is 43.2 Å². The lowest BCUT2D eigenvalue weighted by atomic mass is 10.1. The molecule has 0 radical (unpaired) electrons. The highest BCUT2D eigenvalue weighted by Crippen LogP contribution is 2.30. The highest BCUT2D eigenvalue weighted by atomic mass is 35.5. The minimum Gasteiger partial charge on any atom is -0.367 e. The number of hydrogen-bond acceptors (Lipinski definition) is 3. The van der Waals surface area contributed by atoms with Crippen LogP contribution in [0.5, 0.6) is 0 Å². The molecule has 0 bridgehead atoms. The zero-order chi connectivity index (χ0) is 18.8. The van der Waals surface area contributed by atoms with E-state index in [4.69, 9.17) is 11.6 Å². The number of nitrogens with zero attached hydrogens (tertiary/aromatic N) is 2. The van der Waals surface area contributed by atoms with Crippen LogP contribution in [-0.4, -0.2) is 42.9 Å². The molecule has 0 unspecified atom stereocenters. The molecule has 1 N–H and O–H groups in total. The first kappa shape index (κ1) is 17.9. The normalized spacial score (nSPS) is 16.9. The number of piperazine rings is 1. The van der Waals surface area contributed by atoms with Crippen LogP contribution in [0.25, 0.3) is 0 Å². The van der Waals surface area contributed by atoms with Gasteiger partial charge in [-0.2, -0.15) is 0 Å². The Morgan fingerprint density at radius 1 is 0.963 bits per heavy atom. The van der Waals surface area contributed by atoms with Gasteiger partial charge in [0, 0.05) is 43.3 Å². The van der Waals surface area contributed by atoms with E-state index in [2.05, 4.69) is 10.2 Å². The minimum absolute atomic E-state index is 0.00340. The van der Waals surface area contributed by atoms with Crippen LogP contribution in [0.15, 0.2) is 48.5 Å². The van der Waals surface area contributed by atoms with Gasteiger partial charge in [-0.25, -0.2) is 0 Å². The van der Waals surface area contributed by atoms with Gasteiger partial charge in [0.1, 0.15) is 0 Å². The molecule has 1 saturated carbocycles. The molecule has 2 aromatic rings. The maximum atomic E-state index is 12.9. The molecule has 0 aromatic heterocycles. The third-order valence-electron chi connectivity index (χ3n) is 5.09. The van der Waals surface area contributed by atoms with Crippen LogP contribution in [0, 0.1) is 5.92 Å². The van der Waals surface area contributed by atoms with Gasteiger partial charge in [-0.3, -0.25) is 9.59 Å². The summed E-state index contributed by atoms with van der Waals surface area (Å²) in [6.07, 6.45) is 1.92. The summed E-state index contributed by atoms with van der Waals surface area (Å²) in [6, 6.07) is 15.0. The molecule has 2 amide bonds. The van der Waals surface area contributed by atoms with E-state index < -0.39 is 0 Å². The zero-order valence-corrected chi connectivity index (χ0v) is 15.8. The summed E-state index contributed by atoms with van der Waals surface area (Å²) in [4.78, 5) is 28.9. The lowest BCUT2D eigenvalue weighted by Gasteiger charge is -2.36. The minimum atomic E-state index is -0.00340. The third-order valence-corrected chi connectivity index (χ3v) is 5.40. The summed E-state index contributed by atoms with van der Waals surface area (Å²) in [5.41, 5.74) is 2.30. The van der Waals surface area contributed by atoms with Gasteiger partial charge < -0.3 is 15.1 Å². The predicted octanol–water partition coefficient (Wildman–Crippen LogP) is 3.65. The van der Waals surface area contributed by atoms with Crippen LogP contribution in [0.4, 0.5) is 11.4 Å². The number of amides is 2. The lowest BCUT2D eigenvalue weighted by molar-refractivity contribution is -0.117. The number of carbonyl (C=O) groups excluding carboxylic acids is 2.